The van der Waals surface area contributed by atoms with Gasteiger partial charge in [-0.15, -0.1) is 11.8 Å². The van der Waals surface area contributed by atoms with E-state index in [9.17, 15) is 5.26 Å². The van der Waals surface area contributed by atoms with Crippen molar-refractivity contribution >= 4 is 11.8 Å². The Labute approximate surface area is 108 Å². The fourth-order valence-corrected chi connectivity index (χ4v) is 2.20. The van der Waals surface area contributed by atoms with Crippen LogP contribution < -0.4 is 4.74 Å². The minimum absolute atomic E-state index is 0.619. The lowest BCUT2D eigenvalue weighted by Crippen LogP contribution is -2.03. The predicted molar refractivity (Wildman–Crippen MR) is 72.5 cm³/mol. The average Bonchev–Trinajstić information content (AvgIpc) is 2.29. The first-order valence-corrected chi connectivity index (χ1v) is 6.96. The SMILES string of the molecule is CCSc1cccc(OCCC(C)C)c1C#N. The number of ether oxygens (including phenoxy) is 1. The molecule has 0 aliphatic carbocycles. The molecule has 0 aromatic heterocycles. The van der Waals surface area contributed by atoms with E-state index >= 15 is 0 Å². The quantitative estimate of drug-likeness (QED) is 0.712. The van der Waals surface area contributed by atoms with Gasteiger partial charge >= 0.3 is 0 Å². The van der Waals surface area contributed by atoms with E-state index in [2.05, 4.69) is 26.8 Å². The smallest absolute Gasteiger partial charge is 0.138 e. The molecule has 0 radical (unpaired) electrons. The van der Waals surface area contributed by atoms with Gasteiger partial charge in [0.2, 0.25) is 0 Å². The van der Waals surface area contributed by atoms with Gasteiger partial charge in [0.25, 0.3) is 0 Å². The summed E-state index contributed by atoms with van der Waals surface area (Å²) in [6, 6.07) is 8.04. The average molecular weight is 249 g/mol. The van der Waals surface area contributed by atoms with Crippen molar-refractivity contribution < 1.29 is 4.74 Å². The van der Waals surface area contributed by atoms with Crippen LogP contribution in [0.4, 0.5) is 0 Å². The summed E-state index contributed by atoms with van der Waals surface area (Å²) in [6.07, 6.45) is 1.01. The predicted octanol–water partition coefficient (Wildman–Crippen LogP) is 4.10. The molecule has 0 N–H and O–H groups in total. The van der Waals surface area contributed by atoms with Crippen LogP contribution in [0.5, 0.6) is 5.75 Å². The Hall–Kier alpha value is -1.14. The van der Waals surface area contributed by atoms with Crippen molar-refractivity contribution in [3.8, 4) is 11.8 Å². The van der Waals surface area contributed by atoms with Crippen LogP contribution >= 0.6 is 11.8 Å². The van der Waals surface area contributed by atoms with Crippen molar-refractivity contribution in [2.75, 3.05) is 12.4 Å². The summed E-state index contributed by atoms with van der Waals surface area (Å²) in [5.41, 5.74) is 0.670. The molecular formula is C14H19NOS. The van der Waals surface area contributed by atoms with Crippen LogP contribution in [-0.2, 0) is 0 Å². The number of nitriles is 1. The molecule has 0 saturated heterocycles. The lowest BCUT2D eigenvalue weighted by molar-refractivity contribution is 0.288. The molecule has 0 atom stereocenters. The first-order chi connectivity index (χ1) is 8.19. The highest BCUT2D eigenvalue weighted by atomic mass is 32.2. The van der Waals surface area contributed by atoms with Crippen molar-refractivity contribution in [2.45, 2.75) is 32.1 Å². The maximum Gasteiger partial charge on any atom is 0.138 e. The molecule has 2 nitrogen and oxygen atoms in total. The fraction of sp³-hybridized carbons (Fsp3) is 0.500. The van der Waals surface area contributed by atoms with Gasteiger partial charge in [-0.3, -0.25) is 0 Å². The number of hydrogen-bond acceptors (Lipinski definition) is 3. The van der Waals surface area contributed by atoms with Gasteiger partial charge in [-0.05, 0) is 30.2 Å². The number of thioether (sulfide) groups is 1. The highest BCUT2D eigenvalue weighted by molar-refractivity contribution is 7.99. The summed E-state index contributed by atoms with van der Waals surface area (Å²) in [4.78, 5) is 1.01. The second kappa shape index (κ2) is 7.24. The molecule has 0 bridgehead atoms. The van der Waals surface area contributed by atoms with Gasteiger partial charge < -0.3 is 4.74 Å². The summed E-state index contributed by atoms with van der Waals surface area (Å²) >= 11 is 1.68. The molecule has 3 heteroatoms. The van der Waals surface area contributed by atoms with Crippen molar-refractivity contribution in [2.24, 2.45) is 5.92 Å². The molecule has 0 saturated carbocycles. The Balaban J connectivity index is 2.77. The molecule has 17 heavy (non-hydrogen) atoms. The molecule has 1 aromatic carbocycles. The van der Waals surface area contributed by atoms with Gasteiger partial charge in [-0.1, -0.05) is 26.8 Å². The zero-order chi connectivity index (χ0) is 12.7. The van der Waals surface area contributed by atoms with Crippen molar-refractivity contribution in [1.82, 2.24) is 0 Å². The van der Waals surface area contributed by atoms with Gasteiger partial charge in [-0.2, -0.15) is 5.26 Å². The summed E-state index contributed by atoms with van der Waals surface area (Å²) in [7, 11) is 0. The molecule has 1 aromatic rings. The third kappa shape index (κ3) is 4.32. The van der Waals surface area contributed by atoms with E-state index in [1.54, 1.807) is 11.8 Å². The van der Waals surface area contributed by atoms with Crippen LogP contribution in [0.1, 0.15) is 32.8 Å². The maximum absolute atomic E-state index is 9.19. The van der Waals surface area contributed by atoms with Crippen LogP contribution in [-0.4, -0.2) is 12.4 Å². The van der Waals surface area contributed by atoms with Crippen LogP contribution in [0.25, 0.3) is 0 Å². The van der Waals surface area contributed by atoms with E-state index < -0.39 is 0 Å². The summed E-state index contributed by atoms with van der Waals surface area (Å²) in [6.45, 7) is 7.08. The van der Waals surface area contributed by atoms with E-state index in [1.165, 1.54) is 0 Å². The topological polar surface area (TPSA) is 33.0 Å². The number of nitrogens with zero attached hydrogens (tertiary/aromatic N) is 1. The highest BCUT2D eigenvalue weighted by Gasteiger charge is 2.09. The molecule has 0 aliphatic rings. The third-order valence-electron chi connectivity index (χ3n) is 2.35. The summed E-state index contributed by atoms with van der Waals surface area (Å²) < 4.78 is 5.69. The van der Waals surface area contributed by atoms with Gasteiger partial charge in [0.15, 0.2) is 0 Å². The number of rotatable bonds is 6. The van der Waals surface area contributed by atoms with Gasteiger partial charge in [-0.25, -0.2) is 0 Å². The molecular weight excluding hydrogens is 230 g/mol. The molecule has 0 fully saturated rings. The van der Waals surface area contributed by atoms with Crippen LogP contribution in [0, 0.1) is 17.2 Å². The Morgan fingerprint density at radius 3 is 2.76 bits per heavy atom. The highest BCUT2D eigenvalue weighted by Crippen LogP contribution is 2.29. The molecule has 1 rings (SSSR count). The van der Waals surface area contributed by atoms with E-state index in [0.29, 0.717) is 23.8 Å². The van der Waals surface area contributed by atoms with E-state index in [0.717, 1.165) is 17.1 Å². The van der Waals surface area contributed by atoms with Gasteiger partial charge in [0.05, 0.1) is 6.61 Å². The first kappa shape index (κ1) is 13.9. The Bertz CT molecular complexity index is 396. The molecule has 0 heterocycles. The van der Waals surface area contributed by atoms with E-state index in [1.807, 2.05) is 18.2 Å². The normalized spacial score (nSPS) is 10.3. The van der Waals surface area contributed by atoms with Crippen molar-refractivity contribution in [3.63, 3.8) is 0 Å². The third-order valence-corrected chi connectivity index (χ3v) is 3.29. The standard InChI is InChI=1S/C14H19NOS/c1-4-17-14-7-5-6-13(12(14)10-15)16-9-8-11(2)3/h5-7,11H,4,8-9H2,1-3H3. The van der Waals surface area contributed by atoms with Crippen LogP contribution in [0.3, 0.4) is 0 Å². The minimum atomic E-state index is 0.619. The number of hydrogen-bond donors (Lipinski definition) is 0. The number of benzene rings is 1. The zero-order valence-electron chi connectivity index (χ0n) is 10.7. The molecule has 0 amide bonds. The van der Waals surface area contributed by atoms with Crippen molar-refractivity contribution in [1.29, 1.82) is 5.26 Å². The monoisotopic (exact) mass is 249 g/mol. The Morgan fingerprint density at radius 1 is 1.41 bits per heavy atom. The molecule has 0 aliphatic heterocycles. The minimum Gasteiger partial charge on any atom is -0.492 e. The Morgan fingerprint density at radius 2 is 2.18 bits per heavy atom. The second-order valence-corrected chi connectivity index (χ2v) is 5.51. The molecule has 0 spiro atoms. The van der Waals surface area contributed by atoms with E-state index in [4.69, 9.17) is 4.74 Å². The first-order valence-electron chi connectivity index (χ1n) is 5.97. The summed E-state index contributed by atoms with van der Waals surface area (Å²) in [5.74, 6) is 2.30. The van der Waals surface area contributed by atoms with E-state index in [-0.39, 0.29) is 0 Å². The fourth-order valence-electron chi connectivity index (χ4n) is 1.42. The van der Waals surface area contributed by atoms with Crippen LogP contribution in [0.15, 0.2) is 23.1 Å². The zero-order valence-corrected chi connectivity index (χ0v) is 11.5. The molecule has 0 unspecified atom stereocenters. The van der Waals surface area contributed by atoms with Crippen molar-refractivity contribution in [3.05, 3.63) is 23.8 Å². The Kier molecular flexibility index (Phi) is 5.93. The van der Waals surface area contributed by atoms with Gasteiger partial charge in [0.1, 0.15) is 17.4 Å². The largest absolute Gasteiger partial charge is 0.492 e. The maximum atomic E-state index is 9.19. The van der Waals surface area contributed by atoms with Crippen LogP contribution in [0.2, 0.25) is 0 Å². The lowest BCUT2D eigenvalue weighted by atomic mass is 10.1. The second-order valence-electron chi connectivity index (χ2n) is 4.21. The lowest BCUT2D eigenvalue weighted by Gasteiger charge is -2.11. The van der Waals surface area contributed by atoms with Gasteiger partial charge in [0, 0.05) is 4.90 Å². The summed E-state index contributed by atoms with van der Waals surface area (Å²) in [5, 5.41) is 9.19. The molecule has 92 valence electrons.